The van der Waals surface area contributed by atoms with E-state index in [1.54, 1.807) is 38.1 Å². The molecular formula is C23H28N4O4. The lowest BCUT2D eigenvalue weighted by Crippen LogP contribution is -2.41. The van der Waals surface area contributed by atoms with Gasteiger partial charge in [0.25, 0.3) is 5.91 Å². The number of benzene rings is 2. The van der Waals surface area contributed by atoms with Crippen LogP contribution in [0.3, 0.4) is 0 Å². The summed E-state index contributed by atoms with van der Waals surface area (Å²) in [6.45, 7) is 9.31. The number of amides is 3. The molecular weight excluding hydrogens is 396 g/mol. The van der Waals surface area contributed by atoms with Crippen LogP contribution >= 0.6 is 0 Å². The van der Waals surface area contributed by atoms with E-state index in [-0.39, 0.29) is 18.6 Å². The van der Waals surface area contributed by atoms with Crippen molar-refractivity contribution >= 4 is 29.6 Å². The molecule has 0 aliphatic rings. The molecule has 0 aliphatic carbocycles. The highest BCUT2D eigenvalue weighted by Gasteiger charge is 2.13. The first-order valence-electron chi connectivity index (χ1n) is 9.90. The Kier molecular flexibility index (Phi) is 8.31. The fourth-order valence-electron chi connectivity index (χ4n) is 2.90. The SMILES string of the molecule is Cc1cc(C)c(NC(=O)COc2ccc(/C=N\NC(=O)C(=O)NC(C)C)cc2)c(C)c1. The van der Waals surface area contributed by atoms with Gasteiger partial charge in [-0.2, -0.15) is 5.10 Å². The van der Waals surface area contributed by atoms with Crippen LogP contribution in [0.15, 0.2) is 41.5 Å². The zero-order valence-corrected chi connectivity index (χ0v) is 18.4. The predicted molar refractivity (Wildman–Crippen MR) is 120 cm³/mol. The number of nitrogens with one attached hydrogen (secondary N) is 3. The number of hydrogen-bond acceptors (Lipinski definition) is 5. The van der Waals surface area contributed by atoms with Gasteiger partial charge in [-0.15, -0.1) is 0 Å². The van der Waals surface area contributed by atoms with E-state index in [1.807, 2.05) is 32.9 Å². The maximum atomic E-state index is 12.2. The first kappa shape index (κ1) is 23.6. The quantitative estimate of drug-likeness (QED) is 0.361. The third-order valence-electron chi connectivity index (χ3n) is 4.20. The molecule has 0 bridgehead atoms. The summed E-state index contributed by atoms with van der Waals surface area (Å²) in [7, 11) is 0. The molecule has 2 rings (SSSR count). The van der Waals surface area contributed by atoms with Crippen LogP contribution in [0.1, 0.15) is 36.1 Å². The number of hydrazone groups is 1. The van der Waals surface area contributed by atoms with Gasteiger partial charge in [-0.1, -0.05) is 17.7 Å². The fraction of sp³-hybridized carbons (Fsp3) is 0.304. The third kappa shape index (κ3) is 7.58. The van der Waals surface area contributed by atoms with E-state index in [4.69, 9.17) is 4.74 Å². The number of rotatable bonds is 7. The summed E-state index contributed by atoms with van der Waals surface area (Å²) in [5.74, 6) is -1.31. The lowest BCUT2D eigenvalue weighted by molar-refractivity contribution is -0.139. The Labute approximate surface area is 182 Å². The number of carbonyl (C=O) groups excluding carboxylic acids is 3. The maximum absolute atomic E-state index is 12.2. The number of ether oxygens (including phenoxy) is 1. The van der Waals surface area contributed by atoms with E-state index in [1.165, 1.54) is 6.21 Å². The minimum atomic E-state index is -0.838. The lowest BCUT2D eigenvalue weighted by Gasteiger charge is -2.13. The van der Waals surface area contributed by atoms with E-state index in [2.05, 4.69) is 21.2 Å². The number of hydrogen-bond donors (Lipinski definition) is 3. The van der Waals surface area contributed by atoms with Crippen molar-refractivity contribution in [2.45, 2.75) is 40.7 Å². The zero-order chi connectivity index (χ0) is 23.0. The molecule has 0 unspecified atom stereocenters. The van der Waals surface area contributed by atoms with Crippen LogP contribution in [0.25, 0.3) is 0 Å². The highest BCUT2D eigenvalue weighted by Crippen LogP contribution is 2.22. The molecule has 3 N–H and O–H groups in total. The minimum Gasteiger partial charge on any atom is -0.484 e. The summed E-state index contributed by atoms with van der Waals surface area (Å²) in [5, 5.41) is 9.11. The standard InChI is InChI=1S/C23H28N4O4/c1-14(2)25-22(29)23(30)27-24-12-18-6-8-19(9-7-18)31-13-20(28)26-21-16(4)10-15(3)11-17(21)5/h6-12,14H,13H2,1-5H3,(H,25,29)(H,26,28)(H,27,30)/b24-12-. The summed E-state index contributed by atoms with van der Waals surface area (Å²) in [6, 6.07) is 10.7. The Hall–Kier alpha value is -3.68. The summed E-state index contributed by atoms with van der Waals surface area (Å²) in [4.78, 5) is 35.3. The van der Waals surface area contributed by atoms with Crippen molar-refractivity contribution in [3.63, 3.8) is 0 Å². The van der Waals surface area contributed by atoms with Gasteiger partial charge in [-0.25, -0.2) is 5.43 Å². The molecule has 2 aromatic rings. The second kappa shape index (κ2) is 10.9. The summed E-state index contributed by atoms with van der Waals surface area (Å²) < 4.78 is 5.53. The number of anilines is 1. The van der Waals surface area contributed by atoms with Gasteiger partial charge < -0.3 is 15.4 Å². The molecule has 0 heterocycles. The number of aryl methyl sites for hydroxylation is 3. The molecule has 8 nitrogen and oxygen atoms in total. The zero-order valence-electron chi connectivity index (χ0n) is 18.4. The van der Waals surface area contributed by atoms with Crippen molar-refractivity contribution in [3.8, 4) is 5.75 Å². The average molecular weight is 425 g/mol. The van der Waals surface area contributed by atoms with Gasteiger partial charge in [0.2, 0.25) is 0 Å². The van der Waals surface area contributed by atoms with Crippen molar-refractivity contribution in [2.75, 3.05) is 11.9 Å². The van der Waals surface area contributed by atoms with Crippen LogP contribution in [-0.2, 0) is 14.4 Å². The predicted octanol–water partition coefficient (Wildman–Crippen LogP) is 2.60. The van der Waals surface area contributed by atoms with Gasteiger partial charge in [-0.05, 0) is 75.6 Å². The van der Waals surface area contributed by atoms with Gasteiger partial charge in [0.1, 0.15) is 5.75 Å². The van der Waals surface area contributed by atoms with Crippen molar-refractivity contribution in [2.24, 2.45) is 5.10 Å². The molecule has 0 spiro atoms. The molecule has 164 valence electrons. The van der Waals surface area contributed by atoms with Crippen LogP contribution in [0.2, 0.25) is 0 Å². The Morgan fingerprint density at radius 1 is 1.00 bits per heavy atom. The first-order valence-corrected chi connectivity index (χ1v) is 9.90. The van der Waals surface area contributed by atoms with Crippen molar-refractivity contribution in [1.29, 1.82) is 0 Å². The third-order valence-corrected chi connectivity index (χ3v) is 4.20. The van der Waals surface area contributed by atoms with Crippen molar-refractivity contribution in [1.82, 2.24) is 10.7 Å². The second-order valence-electron chi connectivity index (χ2n) is 7.51. The fourth-order valence-corrected chi connectivity index (χ4v) is 2.90. The average Bonchev–Trinajstić information content (AvgIpc) is 2.69. The minimum absolute atomic E-state index is 0.124. The van der Waals surface area contributed by atoms with Gasteiger partial charge in [0.15, 0.2) is 6.61 Å². The summed E-state index contributed by atoms with van der Waals surface area (Å²) in [6.07, 6.45) is 1.40. The van der Waals surface area contributed by atoms with Crippen molar-refractivity contribution < 1.29 is 19.1 Å². The first-order chi connectivity index (χ1) is 14.7. The largest absolute Gasteiger partial charge is 0.484 e. The monoisotopic (exact) mass is 424 g/mol. The summed E-state index contributed by atoms with van der Waals surface area (Å²) >= 11 is 0. The van der Waals surface area contributed by atoms with Crippen LogP contribution in [0.4, 0.5) is 5.69 Å². The smallest absolute Gasteiger partial charge is 0.329 e. The Morgan fingerprint density at radius 3 is 2.19 bits per heavy atom. The molecule has 0 aromatic heterocycles. The number of nitrogens with zero attached hydrogens (tertiary/aromatic N) is 1. The van der Waals surface area contributed by atoms with Gasteiger partial charge in [0, 0.05) is 11.7 Å². The molecule has 3 amide bonds. The van der Waals surface area contributed by atoms with Gasteiger partial charge >= 0.3 is 11.8 Å². The molecule has 2 aromatic carbocycles. The molecule has 31 heavy (non-hydrogen) atoms. The molecule has 8 heteroatoms. The van der Waals surface area contributed by atoms with E-state index >= 15 is 0 Å². The van der Waals surface area contributed by atoms with E-state index in [9.17, 15) is 14.4 Å². The second-order valence-corrected chi connectivity index (χ2v) is 7.51. The van der Waals surface area contributed by atoms with E-state index in [0.29, 0.717) is 11.3 Å². The van der Waals surface area contributed by atoms with Gasteiger partial charge in [-0.3, -0.25) is 14.4 Å². The number of carbonyl (C=O) groups is 3. The van der Waals surface area contributed by atoms with Crippen LogP contribution in [-0.4, -0.2) is 36.6 Å². The van der Waals surface area contributed by atoms with Crippen LogP contribution < -0.4 is 20.8 Å². The molecule has 0 saturated carbocycles. The lowest BCUT2D eigenvalue weighted by atomic mass is 10.1. The van der Waals surface area contributed by atoms with E-state index < -0.39 is 11.8 Å². The normalized spacial score (nSPS) is 10.8. The Balaban J connectivity index is 1.84. The topological polar surface area (TPSA) is 109 Å². The molecule has 0 atom stereocenters. The molecule has 0 fully saturated rings. The Bertz CT molecular complexity index is 959. The van der Waals surface area contributed by atoms with E-state index in [0.717, 1.165) is 22.4 Å². The molecule has 0 aliphatic heterocycles. The van der Waals surface area contributed by atoms with Gasteiger partial charge in [0.05, 0.1) is 6.21 Å². The molecule has 0 radical (unpaired) electrons. The summed E-state index contributed by atoms with van der Waals surface area (Å²) in [5.41, 5.74) is 6.80. The maximum Gasteiger partial charge on any atom is 0.329 e. The van der Waals surface area contributed by atoms with Crippen molar-refractivity contribution in [3.05, 3.63) is 58.7 Å². The van der Waals surface area contributed by atoms with Crippen LogP contribution in [0.5, 0.6) is 5.75 Å². The van der Waals surface area contributed by atoms with Crippen LogP contribution in [0, 0.1) is 20.8 Å². The Morgan fingerprint density at radius 2 is 1.61 bits per heavy atom. The highest BCUT2D eigenvalue weighted by molar-refractivity contribution is 6.35. The molecule has 0 saturated heterocycles. The highest BCUT2D eigenvalue weighted by atomic mass is 16.5.